The first-order valence-electron chi connectivity index (χ1n) is 12.3. The average Bonchev–Trinajstić information content (AvgIpc) is 2.89. The molecule has 3 aromatic rings. The Balaban J connectivity index is 1.49. The van der Waals surface area contributed by atoms with Crippen molar-refractivity contribution in [1.29, 1.82) is 0 Å². The highest BCUT2D eigenvalue weighted by Gasteiger charge is 2.22. The maximum absolute atomic E-state index is 15.0. The van der Waals surface area contributed by atoms with Crippen LogP contribution in [0.5, 0.6) is 0 Å². The first-order valence-corrected chi connectivity index (χ1v) is 12.3. The summed E-state index contributed by atoms with van der Waals surface area (Å²) in [5.74, 6) is -1.63. The molecule has 1 aliphatic rings. The molecular formula is C31H31F3O. The summed E-state index contributed by atoms with van der Waals surface area (Å²) in [5, 5.41) is 0. The Labute approximate surface area is 206 Å². The summed E-state index contributed by atoms with van der Waals surface area (Å²) >= 11 is 0. The van der Waals surface area contributed by atoms with E-state index in [0.29, 0.717) is 47.6 Å². The summed E-state index contributed by atoms with van der Waals surface area (Å²) < 4.78 is 50.3. The minimum atomic E-state index is -0.851. The van der Waals surface area contributed by atoms with E-state index in [1.165, 1.54) is 6.07 Å². The molecule has 1 fully saturated rings. The van der Waals surface area contributed by atoms with Gasteiger partial charge in [-0.2, -0.15) is 0 Å². The van der Waals surface area contributed by atoms with Crippen molar-refractivity contribution >= 4 is 0 Å². The fourth-order valence-corrected chi connectivity index (χ4v) is 4.54. The van der Waals surface area contributed by atoms with Gasteiger partial charge in [-0.3, -0.25) is 0 Å². The highest BCUT2D eigenvalue weighted by Crippen LogP contribution is 2.34. The van der Waals surface area contributed by atoms with Crippen molar-refractivity contribution in [2.45, 2.75) is 45.1 Å². The Kier molecular flexibility index (Phi) is 8.25. The molecule has 0 aliphatic carbocycles. The third kappa shape index (κ3) is 5.76. The van der Waals surface area contributed by atoms with Gasteiger partial charge in [0.25, 0.3) is 0 Å². The number of rotatable bonds is 8. The van der Waals surface area contributed by atoms with Crippen molar-refractivity contribution in [3.63, 3.8) is 0 Å². The third-order valence-electron chi connectivity index (χ3n) is 6.66. The zero-order valence-electron chi connectivity index (χ0n) is 20.1. The monoisotopic (exact) mass is 476 g/mol. The van der Waals surface area contributed by atoms with Crippen LogP contribution in [0.25, 0.3) is 22.3 Å². The molecule has 0 saturated carbocycles. The second kappa shape index (κ2) is 11.5. The molecule has 0 radical (unpaired) electrons. The van der Waals surface area contributed by atoms with Gasteiger partial charge in [0.2, 0.25) is 0 Å². The average molecular weight is 477 g/mol. The normalized spacial score (nSPS) is 18.2. The molecule has 0 N–H and O–H groups in total. The molecule has 0 aromatic heterocycles. The van der Waals surface area contributed by atoms with Crippen LogP contribution >= 0.6 is 0 Å². The Bertz CT molecular complexity index is 1190. The SMILES string of the molecule is C=CC1CCC(c2ccc(-c3ccc(-c4ccc(CC/C=C/CC)c(F)c4F)cc3)c(F)c2)OC1. The molecule has 0 amide bonds. The van der Waals surface area contributed by atoms with Crippen LogP contribution in [0.15, 0.2) is 79.4 Å². The highest BCUT2D eigenvalue weighted by molar-refractivity contribution is 5.71. The van der Waals surface area contributed by atoms with E-state index in [-0.39, 0.29) is 17.5 Å². The molecule has 1 saturated heterocycles. The van der Waals surface area contributed by atoms with Crippen LogP contribution in [0.1, 0.15) is 49.8 Å². The molecular weight excluding hydrogens is 445 g/mol. The Morgan fingerprint density at radius 3 is 2.23 bits per heavy atom. The predicted molar refractivity (Wildman–Crippen MR) is 137 cm³/mol. The Hall–Kier alpha value is -3.11. The number of benzene rings is 3. The van der Waals surface area contributed by atoms with Gasteiger partial charge >= 0.3 is 0 Å². The van der Waals surface area contributed by atoms with Crippen molar-refractivity contribution < 1.29 is 17.9 Å². The zero-order valence-corrected chi connectivity index (χ0v) is 20.1. The molecule has 4 rings (SSSR count). The van der Waals surface area contributed by atoms with E-state index in [1.54, 1.807) is 42.5 Å². The van der Waals surface area contributed by atoms with Crippen molar-refractivity contribution in [3.05, 3.63) is 108 Å². The molecule has 1 aliphatic heterocycles. The van der Waals surface area contributed by atoms with E-state index in [4.69, 9.17) is 4.74 Å². The van der Waals surface area contributed by atoms with Gasteiger partial charge in [-0.1, -0.05) is 73.7 Å². The fourth-order valence-electron chi connectivity index (χ4n) is 4.54. The minimum absolute atomic E-state index is 0.111. The number of aryl methyl sites for hydroxylation is 1. The molecule has 182 valence electrons. The molecule has 0 bridgehead atoms. The van der Waals surface area contributed by atoms with Crippen molar-refractivity contribution in [1.82, 2.24) is 0 Å². The lowest BCUT2D eigenvalue weighted by molar-refractivity contribution is -0.00528. The van der Waals surface area contributed by atoms with Gasteiger partial charge in [0.15, 0.2) is 11.6 Å². The Morgan fingerprint density at radius 2 is 1.60 bits per heavy atom. The largest absolute Gasteiger partial charge is 0.373 e. The van der Waals surface area contributed by atoms with Gasteiger partial charge in [-0.25, -0.2) is 13.2 Å². The number of ether oxygens (including phenoxy) is 1. The van der Waals surface area contributed by atoms with Crippen molar-refractivity contribution in [2.75, 3.05) is 6.61 Å². The lowest BCUT2D eigenvalue weighted by atomic mass is 9.93. The fraction of sp³-hybridized carbons (Fsp3) is 0.290. The summed E-state index contributed by atoms with van der Waals surface area (Å²) in [4.78, 5) is 0. The summed E-state index contributed by atoms with van der Waals surface area (Å²) in [6.45, 7) is 6.45. The topological polar surface area (TPSA) is 9.23 Å². The molecule has 0 spiro atoms. The maximum Gasteiger partial charge on any atom is 0.166 e. The van der Waals surface area contributed by atoms with E-state index < -0.39 is 11.6 Å². The number of allylic oxidation sites excluding steroid dienone is 2. The lowest BCUT2D eigenvalue weighted by Gasteiger charge is -2.27. The predicted octanol–water partition coefficient (Wildman–Crippen LogP) is 8.99. The van der Waals surface area contributed by atoms with E-state index in [9.17, 15) is 13.2 Å². The molecule has 2 atom stereocenters. The second-order valence-electron chi connectivity index (χ2n) is 9.03. The molecule has 2 unspecified atom stereocenters. The summed E-state index contributed by atoms with van der Waals surface area (Å²) in [6.07, 6.45) is 9.65. The van der Waals surface area contributed by atoms with Crippen LogP contribution in [0.2, 0.25) is 0 Å². The molecule has 1 nitrogen and oxygen atoms in total. The van der Waals surface area contributed by atoms with E-state index in [1.807, 2.05) is 31.2 Å². The summed E-state index contributed by atoms with van der Waals surface area (Å²) in [7, 11) is 0. The zero-order chi connectivity index (χ0) is 24.8. The van der Waals surface area contributed by atoms with Crippen LogP contribution in [0, 0.1) is 23.4 Å². The van der Waals surface area contributed by atoms with E-state index in [0.717, 1.165) is 24.8 Å². The van der Waals surface area contributed by atoms with Crippen LogP contribution in [0.4, 0.5) is 13.2 Å². The Morgan fingerprint density at radius 1 is 0.886 bits per heavy atom. The van der Waals surface area contributed by atoms with Gasteiger partial charge in [0.05, 0.1) is 12.7 Å². The molecule has 4 heteroatoms. The molecule has 3 aromatic carbocycles. The summed E-state index contributed by atoms with van der Waals surface area (Å²) in [5.41, 5.74) is 3.08. The number of hydrogen-bond donors (Lipinski definition) is 0. The van der Waals surface area contributed by atoms with Crippen LogP contribution in [-0.2, 0) is 11.2 Å². The second-order valence-corrected chi connectivity index (χ2v) is 9.03. The number of halogens is 3. The van der Waals surface area contributed by atoms with Crippen molar-refractivity contribution in [3.8, 4) is 22.3 Å². The molecule has 1 heterocycles. The third-order valence-corrected chi connectivity index (χ3v) is 6.66. The van der Waals surface area contributed by atoms with E-state index in [2.05, 4.69) is 6.58 Å². The molecule has 35 heavy (non-hydrogen) atoms. The summed E-state index contributed by atoms with van der Waals surface area (Å²) in [6, 6.07) is 15.3. The van der Waals surface area contributed by atoms with E-state index >= 15 is 0 Å². The highest BCUT2D eigenvalue weighted by atomic mass is 19.2. The van der Waals surface area contributed by atoms with Gasteiger partial charge in [-0.15, -0.1) is 6.58 Å². The van der Waals surface area contributed by atoms with Crippen molar-refractivity contribution in [2.24, 2.45) is 5.92 Å². The lowest BCUT2D eigenvalue weighted by Crippen LogP contribution is -2.19. The van der Waals surface area contributed by atoms with Gasteiger partial charge < -0.3 is 4.74 Å². The maximum atomic E-state index is 15.0. The van der Waals surface area contributed by atoms with Gasteiger partial charge in [0, 0.05) is 17.0 Å². The number of hydrogen-bond acceptors (Lipinski definition) is 1. The first-order chi connectivity index (χ1) is 17.0. The van der Waals surface area contributed by atoms with Gasteiger partial charge in [0.1, 0.15) is 5.82 Å². The smallest absolute Gasteiger partial charge is 0.166 e. The van der Waals surface area contributed by atoms with Crippen LogP contribution in [0.3, 0.4) is 0 Å². The minimum Gasteiger partial charge on any atom is -0.373 e. The first kappa shape index (κ1) is 25.0. The quantitative estimate of drug-likeness (QED) is 0.295. The van der Waals surface area contributed by atoms with Crippen LogP contribution in [-0.4, -0.2) is 6.61 Å². The van der Waals surface area contributed by atoms with Gasteiger partial charge in [-0.05, 0) is 60.4 Å². The standard InChI is InChI=1S/C31H31F3O/c1-3-5-6-7-8-24-14-17-27(31(34)30(24)33)23-12-10-22(11-13-23)26-16-15-25(19-28(26)32)29-18-9-21(4-2)20-35-29/h4-6,10-17,19,21,29H,2-3,7-9,18,20H2,1H3/b6-5+. The van der Waals surface area contributed by atoms with Crippen LogP contribution < -0.4 is 0 Å².